The van der Waals surface area contributed by atoms with Crippen molar-refractivity contribution in [2.45, 2.75) is 12.5 Å². The van der Waals surface area contributed by atoms with Crippen LogP contribution in [0.2, 0.25) is 0 Å². The lowest BCUT2D eigenvalue weighted by Gasteiger charge is -2.04. The molecule has 0 unspecified atom stereocenters. The number of hydrogen-bond acceptors (Lipinski definition) is 3. The van der Waals surface area contributed by atoms with Gasteiger partial charge in [0, 0.05) is 16.9 Å². The number of nitrogen functional groups attached to an aromatic ring is 1. The summed E-state index contributed by atoms with van der Waals surface area (Å²) in [5.74, 6) is 0. The first kappa shape index (κ1) is 7.43. The minimum Gasteiger partial charge on any atom is -0.398 e. The fourth-order valence-electron chi connectivity index (χ4n) is 1.60. The average molecular weight is 164 g/mol. The molecule has 0 saturated heterocycles. The van der Waals surface area contributed by atoms with Crippen molar-refractivity contribution >= 4 is 11.4 Å². The van der Waals surface area contributed by atoms with Crippen LogP contribution in [0.4, 0.5) is 11.4 Å². The number of fused-ring (bicyclic) bond motifs is 1. The van der Waals surface area contributed by atoms with Crippen molar-refractivity contribution in [2.75, 3.05) is 17.7 Å². The number of aliphatic hydroxyl groups is 1. The van der Waals surface area contributed by atoms with Gasteiger partial charge in [-0.2, -0.15) is 0 Å². The molecule has 0 aliphatic carbocycles. The number of benzene rings is 1. The van der Waals surface area contributed by atoms with E-state index in [1.54, 1.807) is 0 Å². The Morgan fingerprint density at radius 1 is 1.58 bits per heavy atom. The van der Waals surface area contributed by atoms with E-state index >= 15 is 0 Å². The molecular formula is C9H12N2O. The highest BCUT2D eigenvalue weighted by molar-refractivity contribution is 5.67. The molecular weight excluding hydrogens is 152 g/mol. The second-order valence-corrected chi connectivity index (χ2v) is 3.10. The average Bonchev–Trinajstić information content (AvgIpc) is 2.49. The zero-order chi connectivity index (χ0) is 8.55. The molecule has 4 N–H and O–H groups in total. The summed E-state index contributed by atoms with van der Waals surface area (Å²) in [4.78, 5) is 0. The van der Waals surface area contributed by atoms with Gasteiger partial charge in [0.2, 0.25) is 0 Å². The third-order valence-corrected chi connectivity index (χ3v) is 2.24. The van der Waals surface area contributed by atoms with Gasteiger partial charge in [0.15, 0.2) is 0 Å². The van der Waals surface area contributed by atoms with Crippen LogP contribution in [0.25, 0.3) is 0 Å². The van der Waals surface area contributed by atoms with Gasteiger partial charge in [-0.1, -0.05) is 6.07 Å². The largest absolute Gasteiger partial charge is 0.398 e. The van der Waals surface area contributed by atoms with E-state index in [-0.39, 0.29) is 12.6 Å². The summed E-state index contributed by atoms with van der Waals surface area (Å²) in [5.41, 5.74) is 8.78. The van der Waals surface area contributed by atoms with Gasteiger partial charge in [0.1, 0.15) is 0 Å². The maximum atomic E-state index is 8.93. The second kappa shape index (κ2) is 2.68. The van der Waals surface area contributed by atoms with Crippen molar-refractivity contribution in [3.8, 4) is 0 Å². The Balaban J connectivity index is 2.35. The lowest BCUT2D eigenvalue weighted by atomic mass is 10.1. The van der Waals surface area contributed by atoms with Gasteiger partial charge in [-0.05, 0) is 18.6 Å². The fraction of sp³-hybridized carbons (Fsp3) is 0.333. The minimum atomic E-state index is 0.143. The summed E-state index contributed by atoms with van der Waals surface area (Å²) < 4.78 is 0. The Hall–Kier alpha value is -1.22. The van der Waals surface area contributed by atoms with Crippen LogP contribution in [0.15, 0.2) is 18.2 Å². The molecule has 12 heavy (non-hydrogen) atoms. The Kier molecular flexibility index (Phi) is 1.66. The van der Waals surface area contributed by atoms with Crippen molar-refractivity contribution in [2.24, 2.45) is 0 Å². The van der Waals surface area contributed by atoms with Crippen LogP contribution in [0.5, 0.6) is 0 Å². The van der Waals surface area contributed by atoms with Crippen LogP contribution in [-0.2, 0) is 6.42 Å². The van der Waals surface area contributed by atoms with Gasteiger partial charge >= 0.3 is 0 Å². The molecule has 3 nitrogen and oxygen atoms in total. The first-order valence-electron chi connectivity index (χ1n) is 4.06. The Bertz CT molecular complexity index is 299. The van der Waals surface area contributed by atoms with Crippen LogP contribution in [0.3, 0.4) is 0 Å². The van der Waals surface area contributed by atoms with Gasteiger partial charge in [0.05, 0.1) is 12.6 Å². The van der Waals surface area contributed by atoms with Crippen LogP contribution in [0, 0.1) is 0 Å². The van der Waals surface area contributed by atoms with Crippen molar-refractivity contribution in [3.05, 3.63) is 23.8 Å². The summed E-state index contributed by atoms with van der Waals surface area (Å²) >= 11 is 0. The lowest BCUT2D eigenvalue weighted by molar-refractivity contribution is 0.277. The van der Waals surface area contributed by atoms with E-state index in [0.717, 1.165) is 23.4 Å². The first-order valence-corrected chi connectivity index (χ1v) is 4.06. The van der Waals surface area contributed by atoms with Crippen molar-refractivity contribution in [1.29, 1.82) is 0 Å². The zero-order valence-electron chi connectivity index (χ0n) is 6.75. The smallest absolute Gasteiger partial charge is 0.0636 e. The van der Waals surface area contributed by atoms with Gasteiger partial charge in [-0.3, -0.25) is 0 Å². The molecule has 0 radical (unpaired) electrons. The monoisotopic (exact) mass is 164 g/mol. The molecule has 1 aliphatic rings. The van der Waals surface area contributed by atoms with E-state index in [2.05, 4.69) is 5.32 Å². The molecule has 1 aliphatic heterocycles. The number of rotatable bonds is 1. The molecule has 0 aromatic heterocycles. The summed E-state index contributed by atoms with van der Waals surface area (Å²) in [6.07, 6.45) is 0.832. The third-order valence-electron chi connectivity index (χ3n) is 2.24. The van der Waals surface area contributed by atoms with Crippen LogP contribution in [0.1, 0.15) is 5.56 Å². The van der Waals surface area contributed by atoms with E-state index < -0.39 is 0 Å². The number of hydrogen-bond donors (Lipinski definition) is 3. The van der Waals surface area contributed by atoms with E-state index in [0.29, 0.717) is 0 Å². The Morgan fingerprint density at radius 2 is 2.42 bits per heavy atom. The molecule has 0 amide bonds. The van der Waals surface area contributed by atoms with Crippen LogP contribution < -0.4 is 11.1 Å². The fourth-order valence-corrected chi connectivity index (χ4v) is 1.60. The number of nitrogens with one attached hydrogen (secondary N) is 1. The molecule has 2 rings (SSSR count). The van der Waals surface area contributed by atoms with E-state index in [4.69, 9.17) is 10.8 Å². The van der Waals surface area contributed by atoms with Crippen molar-refractivity contribution in [3.63, 3.8) is 0 Å². The van der Waals surface area contributed by atoms with Crippen molar-refractivity contribution in [1.82, 2.24) is 0 Å². The molecule has 1 aromatic carbocycles. The number of anilines is 2. The molecule has 64 valence electrons. The number of nitrogens with two attached hydrogens (primary N) is 1. The predicted molar refractivity (Wildman–Crippen MR) is 49.1 cm³/mol. The molecule has 0 spiro atoms. The summed E-state index contributed by atoms with van der Waals surface area (Å²) in [7, 11) is 0. The second-order valence-electron chi connectivity index (χ2n) is 3.10. The van der Waals surface area contributed by atoms with Crippen LogP contribution >= 0.6 is 0 Å². The maximum absolute atomic E-state index is 8.93. The van der Waals surface area contributed by atoms with Gasteiger partial charge < -0.3 is 16.2 Å². The minimum absolute atomic E-state index is 0.143. The van der Waals surface area contributed by atoms with Gasteiger partial charge in [-0.15, -0.1) is 0 Å². The van der Waals surface area contributed by atoms with Crippen LogP contribution in [-0.4, -0.2) is 17.8 Å². The summed E-state index contributed by atoms with van der Waals surface area (Å²) in [6, 6.07) is 5.94. The lowest BCUT2D eigenvalue weighted by Crippen LogP contribution is -2.19. The molecule has 0 fully saturated rings. The first-order chi connectivity index (χ1) is 5.81. The standard InChI is InChI=1S/C9H12N2O/c10-8-2-1-3-9-7(8)4-6(5-12)11-9/h1-3,6,11-12H,4-5,10H2/t6-/m1/s1. The topological polar surface area (TPSA) is 58.3 Å². The van der Waals surface area contributed by atoms with Gasteiger partial charge in [0.25, 0.3) is 0 Å². The van der Waals surface area contributed by atoms with Gasteiger partial charge in [-0.25, -0.2) is 0 Å². The summed E-state index contributed by atoms with van der Waals surface area (Å²) in [5, 5.41) is 12.1. The van der Waals surface area contributed by atoms with E-state index in [9.17, 15) is 0 Å². The molecule has 1 aromatic rings. The highest BCUT2D eigenvalue weighted by Gasteiger charge is 2.20. The third kappa shape index (κ3) is 1.02. The van der Waals surface area contributed by atoms with Crippen molar-refractivity contribution < 1.29 is 5.11 Å². The molecule has 0 saturated carbocycles. The molecule has 3 heteroatoms. The Morgan fingerprint density at radius 3 is 3.08 bits per heavy atom. The van der Waals surface area contributed by atoms with E-state index in [1.807, 2.05) is 18.2 Å². The maximum Gasteiger partial charge on any atom is 0.0636 e. The van der Waals surface area contributed by atoms with E-state index in [1.165, 1.54) is 0 Å². The SMILES string of the molecule is Nc1cccc2c1C[C@H](CO)N2. The normalized spacial score (nSPS) is 20.2. The molecule has 1 heterocycles. The zero-order valence-corrected chi connectivity index (χ0v) is 6.75. The highest BCUT2D eigenvalue weighted by Crippen LogP contribution is 2.29. The summed E-state index contributed by atoms with van der Waals surface area (Å²) in [6.45, 7) is 0.161. The highest BCUT2D eigenvalue weighted by atomic mass is 16.3. The molecule has 0 bridgehead atoms. The molecule has 1 atom stereocenters. The number of aliphatic hydroxyl groups excluding tert-OH is 1. The Labute approximate surface area is 71.2 Å². The quantitative estimate of drug-likeness (QED) is 0.533. The predicted octanol–water partition coefficient (Wildman–Crippen LogP) is 0.598.